The van der Waals surface area contributed by atoms with Crippen molar-refractivity contribution in [3.63, 3.8) is 0 Å². The van der Waals surface area contributed by atoms with Crippen LogP contribution in [0.3, 0.4) is 0 Å². The van der Waals surface area contributed by atoms with Crippen molar-refractivity contribution in [1.29, 1.82) is 0 Å². The van der Waals surface area contributed by atoms with E-state index in [1.165, 1.54) is 0 Å². The molecule has 0 saturated carbocycles. The minimum atomic E-state index is -0.616. The second kappa shape index (κ2) is 9.47. The Hall–Kier alpha value is -2.46. The molecule has 1 aromatic rings. The lowest BCUT2D eigenvalue weighted by atomic mass is 10.1. The van der Waals surface area contributed by atoms with E-state index in [9.17, 15) is 19.2 Å². The van der Waals surface area contributed by atoms with E-state index in [0.29, 0.717) is 18.7 Å². The molecule has 0 atom stereocenters. The second-order valence-corrected chi connectivity index (χ2v) is 6.83. The highest BCUT2D eigenvalue weighted by Crippen LogP contribution is 2.34. The first-order valence-electron chi connectivity index (χ1n) is 8.63. The molecule has 0 unspecified atom stereocenters. The van der Waals surface area contributed by atoms with Crippen LogP contribution < -0.4 is 10.6 Å². The lowest BCUT2D eigenvalue weighted by Gasteiger charge is -2.25. The fourth-order valence-corrected chi connectivity index (χ4v) is 3.74. The lowest BCUT2D eigenvalue weighted by Crippen LogP contribution is -2.49. The van der Waals surface area contributed by atoms with E-state index >= 15 is 0 Å². The molecule has 9 nitrogen and oxygen atoms in total. The molecule has 0 spiro atoms. The number of hydrogen-bond acceptors (Lipinski definition) is 8. The standard InChI is InChI=1S/C17H23N3O6S/c1-4-25-16(23)13-10(3)14(17(24)26-5-2)27-15(13)19-12(22)9-20-7-6-18-11(21)8-20/h4-9H2,1-3H3,(H,18,21)(H,19,22). The fourth-order valence-electron chi connectivity index (χ4n) is 2.64. The minimum Gasteiger partial charge on any atom is -0.462 e. The van der Waals surface area contributed by atoms with Crippen LogP contribution in [0.15, 0.2) is 0 Å². The van der Waals surface area contributed by atoms with E-state index in [-0.39, 0.29) is 53.6 Å². The van der Waals surface area contributed by atoms with Crippen LogP contribution in [-0.2, 0) is 19.1 Å². The summed E-state index contributed by atoms with van der Waals surface area (Å²) in [6.45, 7) is 6.50. The molecule has 27 heavy (non-hydrogen) atoms. The molecular formula is C17H23N3O6S. The summed E-state index contributed by atoms with van der Waals surface area (Å²) >= 11 is 0.974. The van der Waals surface area contributed by atoms with Gasteiger partial charge in [-0.05, 0) is 26.3 Å². The van der Waals surface area contributed by atoms with Crippen LogP contribution in [0.1, 0.15) is 39.4 Å². The Balaban J connectivity index is 2.21. The minimum absolute atomic E-state index is 0.00136. The molecule has 2 heterocycles. The molecular weight excluding hydrogens is 374 g/mol. The summed E-state index contributed by atoms with van der Waals surface area (Å²) in [5.74, 6) is -1.70. The van der Waals surface area contributed by atoms with Crippen molar-refractivity contribution in [2.45, 2.75) is 20.8 Å². The number of piperazine rings is 1. The second-order valence-electron chi connectivity index (χ2n) is 5.81. The first-order valence-corrected chi connectivity index (χ1v) is 9.45. The van der Waals surface area contributed by atoms with Gasteiger partial charge in [0.25, 0.3) is 0 Å². The van der Waals surface area contributed by atoms with E-state index < -0.39 is 11.9 Å². The van der Waals surface area contributed by atoms with Crippen molar-refractivity contribution in [3.05, 3.63) is 16.0 Å². The van der Waals surface area contributed by atoms with E-state index in [2.05, 4.69) is 10.6 Å². The van der Waals surface area contributed by atoms with Gasteiger partial charge in [-0.1, -0.05) is 0 Å². The Morgan fingerprint density at radius 1 is 1.19 bits per heavy atom. The smallest absolute Gasteiger partial charge is 0.348 e. The van der Waals surface area contributed by atoms with Crippen LogP contribution in [0.25, 0.3) is 0 Å². The van der Waals surface area contributed by atoms with Gasteiger partial charge in [0.15, 0.2) is 0 Å². The van der Waals surface area contributed by atoms with Crippen LogP contribution in [0.4, 0.5) is 5.00 Å². The van der Waals surface area contributed by atoms with Gasteiger partial charge in [0.05, 0.1) is 31.9 Å². The molecule has 10 heteroatoms. The topological polar surface area (TPSA) is 114 Å². The molecule has 0 aliphatic carbocycles. The molecule has 2 amide bonds. The third-order valence-electron chi connectivity index (χ3n) is 3.82. The highest BCUT2D eigenvalue weighted by atomic mass is 32.1. The van der Waals surface area contributed by atoms with Crippen molar-refractivity contribution in [2.24, 2.45) is 0 Å². The quantitative estimate of drug-likeness (QED) is 0.654. The van der Waals surface area contributed by atoms with Crippen molar-refractivity contribution in [1.82, 2.24) is 10.2 Å². The van der Waals surface area contributed by atoms with Crippen LogP contribution >= 0.6 is 11.3 Å². The maximum Gasteiger partial charge on any atom is 0.348 e. The number of carbonyl (C=O) groups is 4. The maximum absolute atomic E-state index is 12.4. The third kappa shape index (κ3) is 5.27. The first-order chi connectivity index (χ1) is 12.9. The van der Waals surface area contributed by atoms with Gasteiger partial charge in [0, 0.05) is 13.1 Å². The van der Waals surface area contributed by atoms with Crippen molar-refractivity contribution >= 4 is 40.1 Å². The molecule has 0 bridgehead atoms. The summed E-state index contributed by atoms with van der Waals surface area (Å²) in [6.07, 6.45) is 0. The van der Waals surface area contributed by atoms with Gasteiger partial charge in [0.1, 0.15) is 9.88 Å². The Morgan fingerprint density at radius 3 is 2.48 bits per heavy atom. The molecule has 1 aliphatic rings. The summed E-state index contributed by atoms with van der Waals surface area (Å²) in [4.78, 5) is 50.2. The molecule has 1 aromatic heterocycles. The van der Waals surface area contributed by atoms with Crippen LogP contribution in [0.2, 0.25) is 0 Å². The van der Waals surface area contributed by atoms with Gasteiger partial charge in [0.2, 0.25) is 11.8 Å². The molecule has 1 fully saturated rings. The molecule has 1 aliphatic heterocycles. The Morgan fingerprint density at radius 2 is 1.85 bits per heavy atom. The predicted octanol–water partition coefficient (Wildman–Crippen LogP) is 0.780. The monoisotopic (exact) mass is 397 g/mol. The van der Waals surface area contributed by atoms with Gasteiger partial charge in [-0.3, -0.25) is 14.5 Å². The number of carbonyl (C=O) groups excluding carboxylic acids is 4. The SMILES string of the molecule is CCOC(=O)c1sc(NC(=O)CN2CCNC(=O)C2)c(C(=O)OCC)c1C. The zero-order chi connectivity index (χ0) is 20.0. The highest BCUT2D eigenvalue weighted by Gasteiger charge is 2.28. The predicted molar refractivity (Wildman–Crippen MR) is 99.0 cm³/mol. The molecule has 0 aromatic carbocycles. The maximum atomic E-state index is 12.4. The zero-order valence-electron chi connectivity index (χ0n) is 15.5. The average Bonchev–Trinajstić information content (AvgIpc) is 2.91. The fraction of sp³-hybridized carbons (Fsp3) is 0.529. The summed E-state index contributed by atoms with van der Waals surface area (Å²) in [5, 5.41) is 5.59. The number of esters is 2. The normalized spacial score (nSPS) is 14.4. The summed E-state index contributed by atoms with van der Waals surface area (Å²) in [5.41, 5.74) is 0.555. The van der Waals surface area contributed by atoms with Crippen LogP contribution in [0, 0.1) is 6.92 Å². The summed E-state index contributed by atoms with van der Waals surface area (Å²) < 4.78 is 10.1. The highest BCUT2D eigenvalue weighted by molar-refractivity contribution is 7.18. The molecule has 0 radical (unpaired) electrons. The van der Waals surface area contributed by atoms with Gasteiger partial charge in [-0.15, -0.1) is 11.3 Å². The zero-order valence-corrected chi connectivity index (χ0v) is 16.4. The number of nitrogens with one attached hydrogen (secondary N) is 2. The first kappa shape index (κ1) is 20.8. The number of rotatable bonds is 7. The van der Waals surface area contributed by atoms with Crippen molar-refractivity contribution < 1.29 is 28.7 Å². The van der Waals surface area contributed by atoms with Gasteiger partial charge in [-0.25, -0.2) is 9.59 Å². The number of ether oxygens (including phenoxy) is 2. The lowest BCUT2D eigenvalue weighted by molar-refractivity contribution is -0.125. The van der Waals surface area contributed by atoms with E-state index in [4.69, 9.17) is 9.47 Å². The van der Waals surface area contributed by atoms with Crippen LogP contribution in [0.5, 0.6) is 0 Å². The summed E-state index contributed by atoms with van der Waals surface area (Å²) in [7, 11) is 0. The Labute approximate surface area is 161 Å². The number of nitrogens with zero attached hydrogens (tertiary/aromatic N) is 1. The molecule has 148 valence electrons. The number of hydrogen-bond donors (Lipinski definition) is 2. The third-order valence-corrected chi connectivity index (χ3v) is 5.01. The van der Waals surface area contributed by atoms with Crippen LogP contribution in [-0.4, -0.2) is 68.0 Å². The average molecular weight is 397 g/mol. The molecule has 1 saturated heterocycles. The van der Waals surface area contributed by atoms with Gasteiger partial charge >= 0.3 is 11.9 Å². The van der Waals surface area contributed by atoms with Crippen molar-refractivity contribution in [3.8, 4) is 0 Å². The van der Waals surface area contributed by atoms with E-state index in [0.717, 1.165) is 11.3 Å². The largest absolute Gasteiger partial charge is 0.462 e. The molecule has 2 rings (SSSR count). The Bertz CT molecular complexity index is 745. The Kier molecular flexibility index (Phi) is 7.31. The van der Waals surface area contributed by atoms with Gasteiger partial charge < -0.3 is 20.1 Å². The van der Waals surface area contributed by atoms with Crippen molar-refractivity contribution in [2.75, 3.05) is 44.7 Å². The number of thiophene rings is 1. The van der Waals surface area contributed by atoms with E-state index in [1.54, 1.807) is 25.7 Å². The van der Waals surface area contributed by atoms with E-state index in [1.807, 2.05) is 0 Å². The number of amides is 2. The summed E-state index contributed by atoms with van der Waals surface area (Å²) in [6, 6.07) is 0. The molecule has 2 N–H and O–H groups in total. The van der Waals surface area contributed by atoms with Gasteiger partial charge in [-0.2, -0.15) is 0 Å². The number of anilines is 1.